The molecule has 27 heavy (non-hydrogen) atoms. The number of anilines is 1. The van der Waals surface area contributed by atoms with Crippen LogP contribution in [0.1, 0.15) is 55.1 Å². The molecule has 6 nitrogen and oxygen atoms in total. The van der Waals surface area contributed by atoms with Crippen molar-refractivity contribution in [1.29, 1.82) is 0 Å². The first-order chi connectivity index (χ1) is 13.0. The third-order valence-corrected chi connectivity index (χ3v) is 5.00. The lowest BCUT2D eigenvalue weighted by Crippen LogP contribution is -2.40. The third-order valence-electron chi connectivity index (χ3n) is 5.00. The van der Waals surface area contributed by atoms with Gasteiger partial charge in [0.15, 0.2) is 5.76 Å². The second-order valence-corrected chi connectivity index (χ2v) is 7.18. The van der Waals surface area contributed by atoms with Crippen molar-refractivity contribution in [3.63, 3.8) is 0 Å². The summed E-state index contributed by atoms with van der Waals surface area (Å²) in [7, 11) is 0. The monoisotopic (exact) mass is 369 g/mol. The molecule has 2 amide bonds. The van der Waals surface area contributed by atoms with Gasteiger partial charge in [-0.1, -0.05) is 31.4 Å². The van der Waals surface area contributed by atoms with E-state index in [2.05, 4.69) is 5.32 Å². The van der Waals surface area contributed by atoms with Gasteiger partial charge in [0, 0.05) is 18.3 Å². The van der Waals surface area contributed by atoms with Crippen LogP contribution in [0.2, 0.25) is 0 Å². The van der Waals surface area contributed by atoms with Crippen molar-refractivity contribution in [2.24, 2.45) is 5.73 Å². The molecular weight excluding hydrogens is 342 g/mol. The number of nitrogens with one attached hydrogen (secondary N) is 1. The highest BCUT2D eigenvalue weighted by molar-refractivity contribution is 5.94. The average molecular weight is 369 g/mol. The van der Waals surface area contributed by atoms with Crippen molar-refractivity contribution < 1.29 is 14.0 Å². The summed E-state index contributed by atoms with van der Waals surface area (Å²) in [5.74, 6) is 0.0854. The van der Waals surface area contributed by atoms with Crippen LogP contribution in [0.5, 0.6) is 0 Å². The molecule has 1 aliphatic rings. The maximum atomic E-state index is 13.0. The fourth-order valence-electron chi connectivity index (χ4n) is 3.45. The zero-order valence-electron chi connectivity index (χ0n) is 15.7. The first-order valence-corrected chi connectivity index (χ1v) is 9.54. The highest BCUT2D eigenvalue weighted by atomic mass is 16.3. The van der Waals surface area contributed by atoms with Crippen LogP contribution in [0.15, 0.2) is 47.1 Å². The number of hydrogen-bond acceptors (Lipinski definition) is 4. The van der Waals surface area contributed by atoms with E-state index in [4.69, 9.17) is 10.2 Å². The van der Waals surface area contributed by atoms with E-state index < -0.39 is 6.04 Å². The summed E-state index contributed by atoms with van der Waals surface area (Å²) < 4.78 is 5.34. The number of nitrogens with two attached hydrogens (primary N) is 1. The van der Waals surface area contributed by atoms with E-state index in [1.807, 2.05) is 29.2 Å². The summed E-state index contributed by atoms with van der Waals surface area (Å²) in [4.78, 5) is 26.6. The third kappa shape index (κ3) is 4.98. The van der Waals surface area contributed by atoms with Gasteiger partial charge in [-0.05, 0) is 49.6 Å². The minimum absolute atomic E-state index is 0.0683. The van der Waals surface area contributed by atoms with E-state index >= 15 is 0 Å². The van der Waals surface area contributed by atoms with Gasteiger partial charge < -0.3 is 20.4 Å². The molecule has 2 aromatic rings. The lowest BCUT2D eigenvalue weighted by Gasteiger charge is -2.34. The van der Waals surface area contributed by atoms with E-state index in [1.165, 1.54) is 12.7 Å². The van der Waals surface area contributed by atoms with Gasteiger partial charge in [0.05, 0.1) is 12.3 Å². The molecule has 1 aliphatic carbocycles. The van der Waals surface area contributed by atoms with E-state index in [0.29, 0.717) is 18.0 Å². The Kier molecular flexibility index (Phi) is 6.29. The van der Waals surface area contributed by atoms with Gasteiger partial charge in [-0.2, -0.15) is 0 Å². The largest absolute Gasteiger partial charge is 0.459 e. The standard InChI is InChI=1S/C21H27N3O3/c1-15(22)20(25)23-17-11-9-16(10-12-17)14-24(18-6-3-2-4-7-18)21(26)19-8-5-13-27-19/h5,8-13,15,18H,2-4,6-7,14,22H2,1H3,(H,23,25)/t15-/m1/s1. The summed E-state index contributed by atoms with van der Waals surface area (Å²) in [6.07, 6.45) is 7.10. The van der Waals surface area contributed by atoms with Gasteiger partial charge in [0.1, 0.15) is 0 Å². The molecule has 0 bridgehead atoms. The van der Waals surface area contributed by atoms with E-state index in [9.17, 15) is 9.59 Å². The quantitative estimate of drug-likeness (QED) is 0.815. The maximum Gasteiger partial charge on any atom is 0.290 e. The van der Waals surface area contributed by atoms with Gasteiger partial charge in [-0.25, -0.2) is 0 Å². The number of nitrogens with zero attached hydrogens (tertiary/aromatic N) is 1. The smallest absolute Gasteiger partial charge is 0.290 e. The second kappa shape index (κ2) is 8.86. The van der Waals surface area contributed by atoms with Crippen molar-refractivity contribution in [1.82, 2.24) is 4.90 Å². The molecule has 0 saturated heterocycles. The number of carbonyl (C=O) groups excluding carboxylic acids is 2. The second-order valence-electron chi connectivity index (χ2n) is 7.18. The molecule has 0 unspecified atom stereocenters. The van der Waals surface area contributed by atoms with E-state index in [1.54, 1.807) is 19.1 Å². The van der Waals surface area contributed by atoms with E-state index in [0.717, 1.165) is 31.2 Å². The van der Waals surface area contributed by atoms with Gasteiger partial charge in [0.25, 0.3) is 5.91 Å². The van der Waals surface area contributed by atoms with Crippen molar-refractivity contribution in [3.05, 3.63) is 54.0 Å². The predicted octanol–water partition coefficient (Wildman–Crippen LogP) is 3.54. The highest BCUT2D eigenvalue weighted by Crippen LogP contribution is 2.26. The summed E-state index contributed by atoms with van der Waals surface area (Å²) >= 11 is 0. The SMILES string of the molecule is C[C@@H](N)C(=O)Nc1ccc(CN(C(=O)c2ccco2)C2CCCCC2)cc1. The maximum absolute atomic E-state index is 13.0. The fraction of sp³-hybridized carbons (Fsp3) is 0.429. The van der Waals surface area contributed by atoms with E-state index in [-0.39, 0.29) is 17.9 Å². The Morgan fingerprint density at radius 3 is 2.48 bits per heavy atom. The molecule has 0 aliphatic heterocycles. The van der Waals surface area contributed by atoms with Crippen LogP contribution in [0.25, 0.3) is 0 Å². The molecule has 1 aromatic carbocycles. The number of carbonyl (C=O) groups is 2. The number of furan rings is 1. The predicted molar refractivity (Wildman–Crippen MR) is 104 cm³/mol. The molecule has 1 atom stereocenters. The summed E-state index contributed by atoms with van der Waals surface area (Å²) in [5, 5.41) is 2.77. The van der Waals surface area contributed by atoms with Crippen molar-refractivity contribution in [2.45, 2.75) is 57.7 Å². The van der Waals surface area contributed by atoms with Gasteiger partial charge in [-0.15, -0.1) is 0 Å². The lowest BCUT2D eigenvalue weighted by atomic mass is 9.93. The average Bonchev–Trinajstić information content (AvgIpc) is 3.22. The summed E-state index contributed by atoms with van der Waals surface area (Å²) in [6.45, 7) is 2.16. The molecule has 1 aromatic heterocycles. The molecule has 6 heteroatoms. The zero-order valence-corrected chi connectivity index (χ0v) is 15.7. The van der Waals surface area contributed by atoms with Crippen molar-refractivity contribution >= 4 is 17.5 Å². The Labute approximate surface area is 159 Å². The van der Waals surface area contributed by atoms with Crippen molar-refractivity contribution in [2.75, 3.05) is 5.32 Å². The number of amides is 2. The minimum Gasteiger partial charge on any atom is -0.459 e. The highest BCUT2D eigenvalue weighted by Gasteiger charge is 2.27. The fourth-order valence-corrected chi connectivity index (χ4v) is 3.45. The molecule has 1 fully saturated rings. The molecule has 3 N–H and O–H groups in total. The van der Waals surface area contributed by atoms with Crippen LogP contribution in [0.3, 0.4) is 0 Å². The van der Waals surface area contributed by atoms with Crippen LogP contribution in [0.4, 0.5) is 5.69 Å². The first-order valence-electron chi connectivity index (χ1n) is 9.54. The van der Waals surface area contributed by atoms with Crippen LogP contribution in [0, 0.1) is 0 Å². The Balaban J connectivity index is 1.73. The Morgan fingerprint density at radius 1 is 1.19 bits per heavy atom. The lowest BCUT2D eigenvalue weighted by molar-refractivity contribution is -0.117. The Morgan fingerprint density at radius 2 is 1.89 bits per heavy atom. The van der Waals surface area contributed by atoms with Crippen LogP contribution >= 0.6 is 0 Å². The molecule has 1 heterocycles. The molecule has 0 spiro atoms. The minimum atomic E-state index is -0.558. The Hall–Kier alpha value is -2.60. The summed E-state index contributed by atoms with van der Waals surface area (Å²) in [5.41, 5.74) is 7.29. The molecule has 144 valence electrons. The molecular formula is C21H27N3O3. The number of hydrogen-bond donors (Lipinski definition) is 2. The van der Waals surface area contributed by atoms with Gasteiger partial charge in [-0.3, -0.25) is 9.59 Å². The summed E-state index contributed by atoms with van der Waals surface area (Å²) in [6, 6.07) is 10.7. The van der Waals surface area contributed by atoms with Crippen molar-refractivity contribution in [3.8, 4) is 0 Å². The topological polar surface area (TPSA) is 88.6 Å². The molecule has 1 saturated carbocycles. The van der Waals surface area contributed by atoms with Crippen LogP contribution in [-0.2, 0) is 11.3 Å². The van der Waals surface area contributed by atoms with Gasteiger partial charge in [0.2, 0.25) is 5.91 Å². The normalized spacial score (nSPS) is 15.9. The molecule has 0 radical (unpaired) electrons. The Bertz CT molecular complexity index is 747. The van der Waals surface area contributed by atoms with Gasteiger partial charge >= 0.3 is 0 Å². The van der Waals surface area contributed by atoms with Crippen LogP contribution < -0.4 is 11.1 Å². The zero-order chi connectivity index (χ0) is 19.2. The van der Waals surface area contributed by atoms with Crippen LogP contribution in [-0.4, -0.2) is 28.8 Å². The number of benzene rings is 1. The number of rotatable bonds is 6. The molecule has 3 rings (SSSR count). The first kappa shape index (κ1) is 19.2.